The molecule has 0 saturated carbocycles. The van der Waals surface area contributed by atoms with E-state index >= 15 is 0 Å². The van der Waals surface area contributed by atoms with Crippen LogP contribution in [-0.2, 0) is 6.54 Å². The molecule has 2 aromatic carbocycles. The van der Waals surface area contributed by atoms with Crippen molar-refractivity contribution in [1.82, 2.24) is 15.5 Å². The van der Waals surface area contributed by atoms with Crippen LogP contribution in [0.3, 0.4) is 0 Å². The second-order valence-corrected chi connectivity index (χ2v) is 6.68. The first kappa shape index (κ1) is 16.6. The Morgan fingerprint density at radius 1 is 1.15 bits per heavy atom. The van der Waals surface area contributed by atoms with Crippen molar-refractivity contribution in [1.29, 1.82) is 0 Å². The summed E-state index contributed by atoms with van der Waals surface area (Å²) in [6.45, 7) is 2.47. The molecule has 1 aliphatic rings. The number of carbonyl (C=O) groups is 1. The maximum atomic E-state index is 11.4. The molecule has 26 heavy (non-hydrogen) atoms. The van der Waals surface area contributed by atoms with E-state index in [2.05, 4.69) is 26.5 Å². The summed E-state index contributed by atoms with van der Waals surface area (Å²) in [6, 6.07) is 15.8. The van der Waals surface area contributed by atoms with Crippen LogP contribution in [0, 0.1) is 0 Å². The Balaban J connectivity index is 1.36. The normalized spacial score (nSPS) is 15.5. The Morgan fingerprint density at radius 3 is 2.69 bits per heavy atom. The molecule has 4 rings (SSSR count). The Morgan fingerprint density at radius 2 is 1.88 bits per heavy atom. The zero-order valence-corrected chi connectivity index (χ0v) is 14.5. The molecule has 0 aliphatic carbocycles. The fraction of sp³-hybridized carbons (Fsp3) is 0.300. The minimum absolute atomic E-state index is 0.378. The Bertz CT molecular complexity index is 913. The van der Waals surface area contributed by atoms with Gasteiger partial charge in [-0.1, -0.05) is 30.3 Å². The van der Waals surface area contributed by atoms with Crippen molar-refractivity contribution in [3.8, 4) is 0 Å². The van der Waals surface area contributed by atoms with Crippen molar-refractivity contribution in [3.63, 3.8) is 0 Å². The van der Waals surface area contributed by atoms with Crippen molar-refractivity contribution in [3.05, 3.63) is 59.8 Å². The number of carboxylic acids is 1. The van der Waals surface area contributed by atoms with E-state index in [4.69, 9.17) is 0 Å². The summed E-state index contributed by atoms with van der Waals surface area (Å²) >= 11 is 0. The van der Waals surface area contributed by atoms with Crippen LogP contribution in [0.2, 0.25) is 0 Å². The smallest absolute Gasteiger partial charge is 0.337 e. The predicted molar refractivity (Wildman–Crippen MR) is 102 cm³/mol. The quantitative estimate of drug-likeness (QED) is 0.659. The monoisotopic (exact) mass is 350 g/mol. The number of hydrogen-bond donors (Lipinski definition) is 3. The van der Waals surface area contributed by atoms with Gasteiger partial charge in [-0.2, -0.15) is 5.10 Å². The third kappa shape index (κ3) is 3.28. The number of para-hydroxylation sites is 2. The van der Waals surface area contributed by atoms with Crippen LogP contribution in [0.25, 0.3) is 10.9 Å². The molecule has 0 unspecified atom stereocenters. The van der Waals surface area contributed by atoms with Gasteiger partial charge >= 0.3 is 5.97 Å². The van der Waals surface area contributed by atoms with Crippen molar-refractivity contribution >= 4 is 22.6 Å². The van der Waals surface area contributed by atoms with Gasteiger partial charge in [0.15, 0.2) is 0 Å². The van der Waals surface area contributed by atoms with Gasteiger partial charge in [0.2, 0.25) is 0 Å². The SMILES string of the molecule is O=C(O)c1ccccc1N1CCC(NCc2[nH]nc3ccccc23)CC1. The molecule has 1 aliphatic heterocycles. The molecule has 3 N–H and O–H groups in total. The van der Waals surface area contributed by atoms with Gasteiger partial charge in [-0.25, -0.2) is 4.79 Å². The molecule has 0 bridgehead atoms. The molecule has 6 nitrogen and oxygen atoms in total. The van der Waals surface area contributed by atoms with Gasteiger partial charge in [-0.15, -0.1) is 0 Å². The molecule has 1 aromatic heterocycles. The van der Waals surface area contributed by atoms with Crippen molar-refractivity contribution in [2.45, 2.75) is 25.4 Å². The van der Waals surface area contributed by atoms with Gasteiger partial charge in [0.1, 0.15) is 0 Å². The van der Waals surface area contributed by atoms with E-state index in [1.165, 1.54) is 0 Å². The van der Waals surface area contributed by atoms with Gasteiger partial charge < -0.3 is 15.3 Å². The Kier molecular flexibility index (Phi) is 4.58. The molecule has 0 atom stereocenters. The summed E-state index contributed by atoms with van der Waals surface area (Å²) in [4.78, 5) is 13.6. The van der Waals surface area contributed by atoms with E-state index in [1.54, 1.807) is 12.1 Å². The topological polar surface area (TPSA) is 81.2 Å². The lowest BCUT2D eigenvalue weighted by Crippen LogP contribution is -2.42. The number of carboxylic acid groups (broad SMARTS) is 1. The second-order valence-electron chi connectivity index (χ2n) is 6.68. The number of rotatable bonds is 5. The summed E-state index contributed by atoms with van der Waals surface area (Å²) in [6.07, 6.45) is 1.97. The van der Waals surface area contributed by atoms with Crippen LogP contribution in [0.1, 0.15) is 28.9 Å². The zero-order valence-electron chi connectivity index (χ0n) is 14.5. The molecule has 0 radical (unpaired) electrons. The number of nitrogens with zero attached hydrogens (tertiary/aromatic N) is 2. The van der Waals surface area contributed by atoms with Crippen LogP contribution in [0.15, 0.2) is 48.5 Å². The zero-order chi connectivity index (χ0) is 17.9. The molecule has 134 valence electrons. The number of aromatic carboxylic acids is 1. The highest BCUT2D eigenvalue weighted by molar-refractivity contribution is 5.94. The van der Waals surface area contributed by atoms with Gasteiger partial charge in [0.25, 0.3) is 0 Å². The number of H-pyrrole nitrogens is 1. The van der Waals surface area contributed by atoms with Crippen molar-refractivity contribution < 1.29 is 9.90 Å². The van der Waals surface area contributed by atoms with Gasteiger partial charge in [0, 0.05) is 31.1 Å². The number of benzene rings is 2. The number of piperidine rings is 1. The lowest BCUT2D eigenvalue weighted by atomic mass is 10.0. The number of aromatic amines is 1. The van der Waals surface area contributed by atoms with E-state index in [0.29, 0.717) is 11.6 Å². The van der Waals surface area contributed by atoms with Gasteiger partial charge in [-0.05, 0) is 31.0 Å². The Hall–Kier alpha value is -2.86. The fourth-order valence-corrected chi connectivity index (χ4v) is 3.65. The largest absolute Gasteiger partial charge is 0.478 e. The summed E-state index contributed by atoms with van der Waals surface area (Å²) in [5.74, 6) is -0.869. The van der Waals surface area contributed by atoms with E-state index in [-0.39, 0.29) is 0 Å². The minimum Gasteiger partial charge on any atom is -0.478 e. The van der Waals surface area contributed by atoms with Crippen LogP contribution in [0.5, 0.6) is 0 Å². The van der Waals surface area contributed by atoms with Crippen molar-refractivity contribution in [2.75, 3.05) is 18.0 Å². The van der Waals surface area contributed by atoms with Crippen LogP contribution >= 0.6 is 0 Å². The fourth-order valence-electron chi connectivity index (χ4n) is 3.65. The van der Waals surface area contributed by atoms with E-state index in [1.807, 2.05) is 30.3 Å². The second kappa shape index (κ2) is 7.17. The van der Waals surface area contributed by atoms with Crippen LogP contribution in [-0.4, -0.2) is 40.4 Å². The molecule has 2 heterocycles. The van der Waals surface area contributed by atoms with Gasteiger partial charge in [0.05, 0.1) is 22.5 Å². The van der Waals surface area contributed by atoms with E-state index in [0.717, 1.165) is 54.8 Å². The number of nitrogens with one attached hydrogen (secondary N) is 2. The highest BCUT2D eigenvalue weighted by Gasteiger charge is 2.22. The highest BCUT2D eigenvalue weighted by Crippen LogP contribution is 2.24. The van der Waals surface area contributed by atoms with Crippen LogP contribution < -0.4 is 10.2 Å². The minimum atomic E-state index is -0.869. The molecule has 0 spiro atoms. The molecule has 6 heteroatoms. The lowest BCUT2D eigenvalue weighted by Gasteiger charge is -2.34. The highest BCUT2D eigenvalue weighted by atomic mass is 16.4. The molecular formula is C20H22N4O2. The number of fused-ring (bicyclic) bond motifs is 1. The summed E-state index contributed by atoms with van der Waals surface area (Å²) in [5, 5.41) is 21.6. The van der Waals surface area contributed by atoms with Crippen LogP contribution in [0.4, 0.5) is 5.69 Å². The first-order valence-corrected chi connectivity index (χ1v) is 8.95. The number of anilines is 1. The lowest BCUT2D eigenvalue weighted by molar-refractivity contribution is 0.0697. The van der Waals surface area contributed by atoms with E-state index < -0.39 is 5.97 Å². The molecule has 1 fully saturated rings. The predicted octanol–water partition coefficient (Wildman–Crippen LogP) is 3.02. The number of hydrogen-bond acceptors (Lipinski definition) is 4. The van der Waals surface area contributed by atoms with Gasteiger partial charge in [-0.3, -0.25) is 5.10 Å². The van der Waals surface area contributed by atoms with Crippen molar-refractivity contribution in [2.24, 2.45) is 0 Å². The third-order valence-electron chi connectivity index (χ3n) is 5.08. The standard InChI is InChI=1S/C20H22N4O2/c25-20(26)16-6-2-4-8-19(16)24-11-9-14(10-12-24)21-13-18-15-5-1-3-7-17(15)22-23-18/h1-8,14,21H,9-13H2,(H,22,23)(H,25,26). The molecular weight excluding hydrogens is 328 g/mol. The third-order valence-corrected chi connectivity index (χ3v) is 5.08. The maximum absolute atomic E-state index is 11.4. The van der Waals surface area contributed by atoms with E-state index in [9.17, 15) is 9.90 Å². The summed E-state index contributed by atoms with van der Waals surface area (Å²) in [7, 11) is 0. The Labute approximate surface area is 151 Å². The molecule has 0 amide bonds. The maximum Gasteiger partial charge on any atom is 0.337 e. The molecule has 1 saturated heterocycles. The average Bonchev–Trinajstić information content (AvgIpc) is 3.10. The molecule has 3 aromatic rings. The summed E-state index contributed by atoms with van der Waals surface area (Å²) < 4.78 is 0. The first-order chi connectivity index (χ1) is 12.7. The average molecular weight is 350 g/mol. The number of aromatic nitrogens is 2. The first-order valence-electron chi connectivity index (χ1n) is 8.95. The summed E-state index contributed by atoms with van der Waals surface area (Å²) in [5.41, 5.74) is 3.30.